The van der Waals surface area contributed by atoms with Crippen LogP contribution >= 0.6 is 0 Å². The second kappa shape index (κ2) is 10.4. The molecule has 0 radical (unpaired) electrons. The van der Waals surface area contributed by atoms with Gasteiger partial charge < -0.3 is 11.0 Å². The molecule has 0 saturated heterocycles. The summed E-state index contributed by atoms with van der Waals surface area (Å²) in [5.41, 5.74) is 0. The minimum absolute atomic E-state index is 0. The van der Waals surface area contributed by atoms with E-state index < -0.39 is 0 Å². The Morgan fingerprint density at radius 1 is 1.25 bits per heavy atom. The Labute approximate surface area is 74.0 Å². The summed E-state index contributed by atoms with van der Waals surface area (Å²) in [5.74, 6) is 4.36. The van der Waals surface area contributed by atoms with Crippen LogP contribution in [0.1, 0.15) is 45.4 Å². The molecule has 0 unspecified atom stereocenters. The SMILES string of the molecule is CCCCCCCC(=O)ON.N. The Morgan fingerprint density at radius 3 is 2.33 bits per heavy atom. The smallest absolute Gasteiger partial charge is 0.324 e. The zero-order valence-corrected chi connectivity index (χ0v) is 7.84. The van der Waals surface area contributed by atoms with Gasteiger partial charge in [-0.15, -0.1) is 0 Å². The highest BCUT2D eigenvalue weighted by molar-refractivity contribution is 5.68. The molecule has 0 saturated carbocycles. The fourth-order valence-electron chi connectivity index (χ4n) is 0.932. The molecule has 0 spiro atoms. The van der Waals surface area contributed by atoms with Crippen molar-refractivity contribution in [2.24, 2.45) is 5.90 Å². The molecular formula is C8H20N2O2. The molecule has 74 valence electrons. The number of carbonyl (C=O) groups excluding carboxylic acids is 1. The molecule has 0 aliphatic heterocycles. The third-order valence-electron chi connectivity index (χ3n) is 1.62. The first-order chi connectivity index (χ1) is 5.31. The molecule has 0 fully saturated rings. The zero-order chi connectivity index (χ0) is 8.53. The molecule has 0 heterocycles. The van der Waals surface area contributed by atoms with E-state index in [1.165, 1.54) is 19.3 Å². The Morgan fingerprint density at radius 2 is 1.83 bits per heavy atom. The van der Waals surface area contributed by atoms with Crippen molar-refractivity contribution in [3.05, 3.63) is 0 Å². The third kappa shape index (κ3) is 9.39. The van der Waals surface area contributed by atoms with Crippen molar-refractivity contribution in [3.63, 3.8) is 0 Å². The molecule has 0 aliphatic carbocycles. The van der Waals surface area contributed by atoms with E-state index in [0.29, 0.717) is 6.42 Å². The highest BCUT2D eigenvalue weighted by Gasteiger charge is 1.98. The van der Waals surface area contributed by atoms with Crippen molar-refractivity contribution in [3.8, 4) is 0 Å². The topological polar surface area (TPSA) is 87.3 Å². The predicted molar refractivity (Wildman–Crippen MR) is 48.7 cm³/mol. The lowest BCUT2D eigenvalue weighted by Gasteiger charge is -1.97. The maximum absolute atomic E-state index is 10.5. The largest absolute Gasteiger partial charge is 0.373 e. The monoisotopic (exact) mass is 176 g/mol. The van der Waals surface area contributed by atoms with Gasteiger partial charge in [-0.3, -0.25) is 4.79 Å². The lowest BCUT2D eigenvalue weighted by atomic mass is 10.1. The molecule has 0 bridgehead atoms. The van der Waals surface area contributed by atoms with Gasteiger partial charge in [0.1, 0.15) is 0 Å². The van der Waals surface area contributed by atoms with Crippen LogP contribution < -0.4 is 12.0 Å². The van der Waals surface area contributed by atoms with Crippen molar-refractivity contribution in [1.29, 1.82) is 0 Å². The first-order valence-electron chi connectivity index (χ1n) is 4.20. The molecule has 0 atom stereocenters. The van der Waals surface area contributed by atoms with E-state index in [-0.39, 0.29) is 12.1 Å². The van der Waals surface area contributed by atoms with Gasteiger partial charge in [-0.2, -0.15) is 5.90 Å². The Balaban J connectivity index is 0. The normalized spacial score (nSPS) is 8.83. The van der Waals surface area contributed by atoms with Crippen molar-refractivity contribution >= 4 is 5.97 Å². The van der Waals surface area contributed by atoms with Crippen molar-refractivity contribution < 1.29 is 9.63 Å². The Bertz CT molecular complexity index is 107. The first kappa shape index (κ1) is 13.9. The van der Waals surface area contributed by atoms with E-state index in [1.54, 1.807) is 0 Å². The van der Waals surface area contributed by atoms with E-state index in [9.17, 15) is 4.79 Å². The third-order valence-corrected chi connectivity index (χ3v) is 1.62. The molecular weight excluding hydrogens is 156 g/mol. The lowest BCUT2D eigenvalue weighted by Crippen LogP contribution is -2.08. The van der Waals surface area contributed by atoms with Gasteiger partial charge >= 0.3 is 5.97 Å². The standard InChI is InChI=1S/C8H17NO2.H3N/c1-2-3-4-5-6-7-8(10)11-9;/h2-7,9H2,1H3;1H3. The van der Waals surface area contributed by atoms with Crippen LogP contribution in [0.2, 0.25) is 0 Å². The van der Waals surface area contributed by atoms with Crippen LogP contribution in [0.4, 0.5) is 0 Å². The van der Waals surface area contributed by atoms with E-state index in [1.807, 2.05) is 0 Å². The molecule has 0 aromatic rings. The second-order valence-corrected chi connectivity index (χ2v) is 2.65. The Hall–Kier alpha value is -0.610. The minimum Gasteiger partial charge on any atom is -0.373 e. The highest BCUT2D eigenvalue weighted by Crippen LogP contribution is 2.04. The average molecular weight is 176 g/mol. The van der Waals surface area contributed by atoms with E-state index in [0.717, 1.165) is 12.8 Å². The van der Waals surface area contributed by atoms with Gasteiger partial charge in [0, 0.05) is 6.42 Å². The van der Waals surface area contributed by atoms with Crippen molar-refractivity contribution in [2.45, 2.75) is 45.4 Å². The molecule has 0 aromatic carbocycles. The predicted octanol–water partition coefficient (Wildman–Crippen LogP) is 1.93. The number of rotatable bonds is 6. The number of nitrogens with two attached hydrogens (primary N) is 1. The zero-order valence-electron chi connectivity index (χ0n) is 7.84. The summed E-state index contributed by atoms with van der Waals surface area (Å²) in [6, 6.07) is 0. The molecule has 5 N–H and O–H groups in total. The highest BCUT2D eigenvalue weighted by atomic mass is 16.7. The summed E-state index contributed by atoms with van der Waals surface area (Å²) in [6.07, 6.45) is 6.13. The molecule has 0 aromatic heterocycles. The number of hydrogen-bond donors (Lipinski definition) is 2. The van der Waals surface area contributed by atoms with Gasteiger partial charge in [0.05, 0.1) is 0 Å². The van der Waals surface area contributed by atoms with E-state index >= 15 is 0 Å². The van der Waals surface area contributed by atoms with Gasteiger partial charge in [-0.05, 0) is 6.42 Å². The van der Waals surface area contributed by atoms with Crippen LogP contribution in [0, 0.1) is 0 Å². The van der Waals surface area contributed by atoms with Crippen molar-refractivity contribution in [2.75, 3.05) is 0 Å². The molecule has 4 nitrogen and oxygen atoms in total. The summed E-state index contributed by atoms with van der Waals surface area (Å²) in [5, 5.41) is 0. The van der Waals surface area contributed by atoms with Gasteiger partial charge in [-0.1, -0.05) is 32.6 Å². The van der Waals surface area contributed by atoms with Crippen LogP contribution in [0.5, 0.6) is 0 Å². The first-order valence-corrected chi connectivity index (χ1v) is 4.20. The van der Waals surface area contributed by atoms with Crippen LogP contribution in [-0.2, 0) is 9.63 Å². The lowest BCUT2D eigenvalue weighted by molar-refractivity contribution is -0.144. The molecule has 0 aliphatic rings. The maximum Gasteiger partial charge on any atom is 0.324 e. The summed E-state index contributed by atoms with van der Waals surface area (Å²) < 4.78 is 0. The Kier molecular flexibility index (Phi) is 12.1. The maximum atomic E-state index is 10.5. The van der Waals surface area contributed by atoms with E-state index in [4.69, 9.17) is 0 Å². The number of unbranched alkanes of at least 4 members (excludes halogenated alkanes) is 4. The fourth-order valence-corrected chi connectivity index (χ4v) is 0.932. The summed E-state index contributed by atoms with van der Waals surface area (Å²) in [6.45, 7) is 2.16. The van der Waals surface area contributed by atoms with Crippen LogP contribution in [0.3, 0.4) is 0 Å². The molecule has 4 heteroatoms. The molecule has 0 rings (SSSR count). The quantitative estimate of drug-likeness (QED) is 0.478. The summed E-state index contributed by atoms with van der Waals surface area (Å²) in [4.78, 5) is 14.5. The van der Waals surface area contributed by atoms with Crippen molar-refractivity contribution in [1.82, 2.24) is 6.15 Å². The molecule has 0 amide bonds. The average Bonchev–Trinajstić information content (AvgIpc) is 2.04. The fraction of sp³-hybridized carbons (Fsp3) is 0.875. The van der Waals surface area contributed by atoms with Crippen LogP contribution in [-0.4, -0.2) is 5.97 Å². The van der Waals surface area contributed by atoms with Gasteiger partial charge in [0.15, 0.2) is 0 Å². The van der Waals surface area contributed by atoms with Crippen LogP contribution in [0.25, 0.3) is 0 Å². The second-order valence-electron chi connectivity index (χ2n) is 2.65. The van der Waals surface area contributed by atoms with Gasteiger partial charge in [0.25, 0.3) is 0 Å². The minimum atomic E-state index is -0.304. The van der Waals surface area contributed by atoms with Gasteiger partial charge in [-0.25, -0.2) is 0 Å². The summed E-state index contributed by atoms with van der Waals surface area (Å²) in [7, 11) is 0. The van der Waals surface area contributed by atoms with Gasteiger partial charge in [0.2, 0.25) is 0 Å². The number of hydrogen-bond acceptors (Lipinski definition) is 4. The molecule has 12 heavy (non-hydrogen) atoms. The number of carbonyl (C=O) groups is 1. The van der Waals surface area contributed by atoms with Crippen LogP contribution in [0.15, 0.2) is 0 Å². The summed E-state index contributed by atoms with van der Waals surface area (Å²) >= 11 is 0. The van der Waals surface area contributed by atoms with E-state index in [2.05, 4.69) is 17.7 Å².